The SMILES string of the molecule is CCOc1cc(C=Nn2c(-c3cc4ccccc4o3)nc3ccccc3c2=O)cc([N+](=O)[O-])c1OCC(=O)N1CCOCC1. The number of hydrogen-bond donors (Lipinski definition) is 0. The number of aromatic nitrogens is 2. The van der Waals surface area contributed by atoms with Gasteiger partial charge in [-0.1, -0.05) is 30.3 Å². The van der Waals surface area contributed by atoms with Crippen LogP contribution in [0.1, 0.15) is 12.5 Å². The quantitative estimate of drug-likeness (QED) is 0.138. The Hall–Kier alpha value is -5.56. The van der Waals surface area contributed by atoms with Gasteiger partial charge in [0.05, 0.1) is 41.9 Å². The fourth-order valence-corrected chi connectivity index (χ4v) is 4.87. The van der Waals surface area contributed by atoms with Gasteiger partial charge in [0.25, 0.3) is 11.5 Å². The molecule has 1 saturated heterocycles. The van der Waals surface area contributed by atoms with Gasteiger partial charge in [-0.3, -0.25) is 19.7 Å². The third kappa shape index (κ3) is 5.72. The second-order valence-electron chi connectivity index (χ2n) is 9.80. The van der Waals surface area contributed by atoms with E-state index in [1.54, 1.807) is 48.2 Å². The van der Waals surface area contributed by atoms with Crippen molar-refractivity contribution >= 4 is 39.7 Å². The summed E-state index contributed by atoms with van der Waals surface area (Å²) in [4.78, 5) is 44.0. The average molecular weight is 598 g/mol. The lowest BCUT2D eigenvalue weighted by molar-refractivity contribution is -0.385. The molecule has 0 spiro atoms. The minimum atomic E-state index is -0.627. The molecule has 6 rings (SSSR count). The number of rotatable bonds is 9. The van der Waals surface area contributed by atoms with Crippen LogP contribution in [-0.4, -0.2) is 71.1 Å². The van der Waals surface area contributed by atoms with Gasteiger partial charge in [-0.05, 0) is 37.3 Å². The van der Waals surface area contributed by atoms with Crippen LogP contribution >= 0.6 is 0 Å². The van der Waals surface area contributed by atoms with Crippen LogP contribution in [0.4, 0.5) is 5.69 Å². The van der Waals surface area contributed by atoms with Gasteiger partial charge >= 0.3 is 5.69 Å². The number of hydrogen-bond acceptors (Lipinski definition) is 10. The van der Waals surface area contributed by atoms with Gasteiger partial charge in [-0.25, -0.2) is 4.98 Å². The van der Waals surface area contributed by atoms with Crippen molar-refractivity contribution in [2.24, 2.45) is 5.10 Å². The number of morpholine rings is 1. The molecule has 13 nitrogen and oxygen atoms in total. The molecule has 44 heavy (non-hydrogen) atoms. The number of benzene rings is 3. The number of nitrogens with zero attached hydrogens (tertiary/aromatic N) is 5. The number of furan rings is 1. The first-order valence-electron chi connectivity index (χ1n) is 13.9. The van der Waals surface area contributed by atoms with Crippen molar-refractivity contribution in [1.82, 2.24) is 14.6 Å². The van der Waals surface area contributed by atoms with Crippen LogP contribution in [-0.2, 0) is 9.53 Å². The maximum atomic E-state index is 13.6. The van der Waals surface area contributed by atoms with E-state index in [9.17, 15) is 19.7 Å². The minimum Gasteiger partial charge on any atom is -0.490 e. The molecule has 0 unspecified atom stereocenters. The Morgan fingerprint density at radius 2 is 1.86 bits per heavy atom. The first kappa shape index (κ1) is 28.6. The zero-order valence-corrected chi connectivity index (χ0v) is 23.7. The topological polar surface area (TPSA) is 152 Å². The van der Waals surface area contributed by atoms with Gasteiger partial charge in [0.1, 0.15) is 5.58 Å². The van der Waals surface area contributed by atoms with Crippen LogP contribution in [0.25, 0.3) is 33.5 Å². The maximum absolute atomic E-state index is 13.6. The molecule has 0 N–H and O–H groups in total. The van der Waals surface area contributed by atoms with Gasteiger partial charge in [0, 0.05) is 30.1 Å². The molecule has 13 heteroatoms. The molecule has 1 amide bonds. The van der Waals surface area contributed by atoms with E-state index in [0.717, 1.165) is 10.1 Å². The number of nitro groups is 1. The van der Waals surface area contributed by atoms with Crippen molar-refractivity contribution in [2.45, 2.75) is 6.92 Å². The number of carbonyl (C=O) groups excluding carboxylic acids is 1. The largest absolute Gasteiger partial charge is 0.490 e. The second-order valence-corrected chi connectivity index (χ2v) is 9.80. The third-order valence-corrected chi connectivity index (χ3v) is 6.98. The van der Waals surface area contributed by atoms with E-state index in [0.29, 0.717) is 48.5 Å². The highest BCUT2D eigenvalue weighted by Gasteiger charge is 2.25. The molecule has 0 saturated carbocycles. The summed E-state index contributed by atoms with van der Waals surface area (Å²) >= 11 is 0. The lowest BCUT2D eigenvalue weighted by atomic mass is 10.2. The second kappa shape index (κ2) is 12.4. The zero-order chi connectivity index (χ0) is 30.6. The van der Waals surface area contributed by atoms with Crippen molar-refractivity contribution in [2.75, 3.05) is 39.5 Å². The van der Waals surface area contributed by atoms with E-state index in [1.807, 2.05) is 18.2 Å². The number of para-hydroxylation sites is 2. The Bertz CT molecular complexity index is 1930. The normalized spacial score (nSPS) is 13.5. The molecular formula is C31H27N5O8. The van der Waals surface area contributed by atoms with Gasteiger partial charge in [0.2, 0.25) is 11.6 Å². The Morgan fingerprint density at radius 1 is 1.09 bits per heavy atom. The molecule has 2 aromatic heterocycles. The van der Waals surface area contributed by atoms with Gasteiger partial charge in [-0.15, -0.1) is 0 Å². The van der Waals surface area contributed by atoms with Gasteiger partial charge in [0.15, 0.2) is 18.1 Å². The van der Waals surface area contributed by atoms with Crippen molar-refractivity contribution in [3.8, 4) is 23.1 Å². The molecule has 5 aromatic rings. The van der Waals surface area contributed by atoms with E-state index < -0.39 is 22.8 Å². The predicted octanol–water partition coefficient (Wildman–Crippen LogP) is 4.24. The van der Waals surface area contributed by atoms with Gasteiger partial charge < -0.3 is 23.5 Å². The van der Waals surface area contributed by atoms with Crippen LogP contribution < -0.4 is 15.0 Å². The van der Waals surface area contributed by atoms with Crippen molar-refractivity contribution in [3.63, 3.8) is 0 Å². The first-order valence-corrected chi connectivity index (χ1v) is 13.9. The molecule has 0 radical (unpaired) electrons. The van der Waals surface area contributed by atoms with Crippen LogP contribution in [0.2, 0.25) is 0 Å². The lowest BCUT2D eigenvalue weighted by Crippen LogP contribution is -2.43. The number of amides is 1. The Labute approximate surface area is 250 Å². The highest BCUT2D eigenvalue weighted by molar-refractivity contribution is 5.86. The van der Waals surface area contributed by atoms with Crippen LogP contribution in [0.5, 0.6) is 11.5 Å². The summed E-state index contributed by atoms with van der Waals surface area (Å²) in [6.45, 7) is 3.14. The Morgan fingerprint density at radius 3 is 2.64 bits per heavy atom. The summed E-state index contributed by atoms with van der Waals surface area (Å²) < 4.78 is 23.7. The molecule has 0 atom stereocenters. The van der Waals surface area contributed by atoms with E-state index >= 15 is 0 Å². The molecular weight excluding hydrogens is 570 g/mol. The van der Waals surface area contributed by atoms with Crippen LogP contribution in [0.3, 0.4) is 0 Å². The Kier molecular flexibility index (Phi) is 8.02. The molecule has 1 fully saturated rings. The number of nitro benzene ring substituents is 1. The summed E-state index contributed by atoms with van der Waals surface area (Å²) in [6.07, 6.45) is 1.29. The molecule has 3 heterocycles. The third-order valence-electron chi connectivity index (χ3n) is 6.98. The fourth-order valence-electron chi connectivity index (χ4n) is 4.87. The van der Waals surface area contributed by atoms with Crippen molar-refractivity contribution in [1.29, 1.82) is 0 Å². The number of ether oxygens (including phenoxy) is 3. The highest BCUT2D eigenvalue weighted by atomic mass is 16.6. The van der Waals surface area contributed by atoms with Crippen LogP contribution in [0.15, 0.2) is 81.0 Å². The molecule has 0 bridgehead atoms. The average Bonchev–Trinajstić information content (AvgIpc) is 3.48. The van der Waals surface area contributed by atoms with Crippen LogP contribution in [0, 0.1) is 10.1 Å². The number of fused-ring (bicyclic) bond motifs is 2. The molecule has 0 aliphatic carbocycles. The van der Waals surface area contributed by atoms with E-state index in [1.165, 1.54) is 18.3 Å². The zero-order valence-electron chi connectivity index (χ0n) is 23.7. The summed E-state index contributed by atoms with van der Waals surface area (Å²) in [5.74, 6) is 0.0302. The summed E-state index contributed by atoms with van der Waals surface area (Å²) in [6, 6.07) is 18.7. The monoisotopic (exact) mass is 597 g/mol. The van der Waals surface area contributed by atoms with Crippen molar-refractivity contribution in [3.05, 3.63) is 92.8 Å². The van der Waals surface area contributed by atoms with Crippen molar-refractivity contribution < 1.29 is 28.3 Å². The minimum absolute atomic E-state index is 0.0550. The smallest absolute Gasteiger partial charge is 0.315 e. The standard InChI is InChI=1S/C31H27N5O8/c1-2-42-26-16-20(15-24(36(39)40)29(26)43-19-28(37)34-11-13-41-14-12-34)18-32-35-30(27-17-21-7-3-6-10-25(21)44-27)33-23-9-5-4-8-22(23)31(35)38/h3-10,15-18H,2,11-14,19H2,1H3. The summed E-state index contributed by atoms with van der Waals surface area (Å²) in [5, 5.41) is 17.7. The Balaban J connectivity index is 1.40. The van der Waals surface area contributed by atoms with Gasteiger partial charge in [-0.2, -0.15) is 9.78 Å². The molecule has 1 aliphatic rings. The van der Waals surface area contributed by atoms with E-state index in [2.05, 4.69) is 10.1 Å². The molecule has 1 aliphatic heterocycles. The first-order chi connectivity index (χ1) is 21.4. The molecule has 224 valence electrons. The highest BCUT2D eigenvalue weighted by Crippen LogP contribution is 2.38. The predicted molar refractivity (Wildman–Crippen MR) is 161 cm³/mol. The van der Waals surface area contributed by atoms with E-state index in [-0.39, 0.29) is 35.4 Å². The number of carbonyl (C=O) groups is 1. The summed E-state index contributed by atoms with van der Waals surface area (Å²) in [5.41, 5.74) is 0.446. The fraction of sp³-hybridized carbons (Fsp3) is 0.226. The van der Waals surface area contributed by atoms with E-state index in [4.69, 9.17) is 18.6 Å². The lowest BCUT2D eigenvalue weighted by Gasteiger charge is -2.26. The summed E-state index contributed by atoms with van der Waals surface area (Å²) in [7, 11) is 0. The maximum Gasteiger partial charge on any atom is 0.315 e. The molecule has 3 aromatic carbocycles.